The van der Waals surface area contributed by atoms with E-state index in [4.69, 9.17) is 0 Å². The SMILES string of the molecule is C=CC(CCC(=O)CCCC[C@H]1[C@H]2NC(=O)N[C@H]2CS1=O)C(C)(C)C. The van der Waals surface area contributed by atoms with Crippen LogP contribution in [0.1, 0.15) is 59.3 Å². The Balaban J connectivity index is 1.66. The molecule has 2 unspecified atom stereocenters. The van der Waals surface area contributed by atoms with Crippen molar-refractivity contribution in [3.63, 3.8) is 0 Å². The number of rotatable bonds is 9. The number of unbranched alkanes of at least 4 members (excludes halogenated alkanes) is 1. The molecular weight excluding hydrogens is 336 g/mol. The number of Topliss-reactive ketones (excluding diaryl/α,β-unsaturated/α-hetero) is 1. The molecule has 5 nitrogen and oxygen atoms in total. The Bertz CT molecular complexity index is 541. The fraction of sp³-hybridized carbons (Fsp3) is 0.789. The lowest BCUT2D eigenvalue weighted by Gasteiger charge is -2.27. The first-order chi connectivity index (χ1) is 11.7. The van der Waals surface area contributed by atoms with Gasteiger partial charge in [0, 0.05) is 29.4 Å². The van der Waals surface area contributed by atoms with Crippen molar-refractivity contribution in [1.82, 2.24) is 10.6 Å². The zero-order chi connectivity index (χ0) is 18.6. The van der Waals surface area contributed by atoms with E-state index >= 15 is 0 Å². The Morgan fingerprint density at radius 2 is 2.04 bits per heavy atom. The number of hydrogen-bond acceptors (Lipinski definition) is 3. The molecule has 2 aliphatic heterocycles. The predicted octanol–water partition coefficient (Wildman–Crippen LogP) is 2.93. The monoisotopic (exact) mass is 368 g/mol. The number of hydrogen-bond donors (Lipinski definition) is 2. The highest BCUT2D eigenvalue weighted by molar-refractivity contribution is 7.86. The molecule has 2 saturated heterocycles. The second-order valence-corrected chi connectivity index (χ2v) is 10.1. The molecule has 2 heterocycles. The number of fused-ring (bicyclic) bond motifs is 1. The third-order valence-corrected chi connectivity index (χ3v) is 7.35. The lowest BCUT2D eigenvalue weighted by Crippen LogP contribution is -2.38. The average Bonchev–Trinajstić information content (AvgIpc) is 2.98. The molecule has 2 rings (SSSR count). The summed E-state index contributed by atoms with van der Waals surface area (Å²) in [7, 11) is -0.893. The normalized spacial score (nSPS) is 29.6. The molecule has 2 fully saturated rings. The molecule has 0 aromatic rings. The second-order valence-electron chi connectivity index (χ2n) is 8.37. The van der Waals surface area contributed by atoms with Gasteiger partial charge in [-0.15, -0.1) is 6.58 Å². The summed E-state index contributed by atoms with van der Waals surface area (Å²) in [5.41, 5.74) is 0.144. The first kappa shape index (κ1) is 20.1. The molecule has 0 aliphatic carbocycles. The minimum atomic E-state index is -0.893. The van der Waals surface area contributed by atoms with Crippen LogP contribution in [0.15, 0.2) is 12.7 Å². The number of carbonyl (C=O) groups excluding carboxylic acids is 2. The number of carbonyl (C=O) groups is 2. The van der Waals surface area contributed by atoms with Crippen molar-refractivity contribution >= 4 is 22.6 Å². The Hall–Kier alpha value is -1.17. The van der Waals surface area contributed by atoms with E-state index < -0.39 is 10.8 Å². The van der Waals surface area contributed by atoms with Crippen molar-refractivity contribution in [2.24, 2.45) is 11.3 Å². The molecule has 0 aromatic carbocycles. The summed E-state index contributed by atoms with van der Waals surface area (Å²) in [5, 5.41) is 5.72. The maximum absolute atomic E-state index is 12.2. The minimum absolute atomic E-state index is 0.00759. The maximum Gasteiger partial charge on any atom is 0.315 e. The van der Waals surface area contributed by atoms with Gasteiger partial charge in [-0.1, -0.05) is 33.3 Å². The number of urea groups is 1. The first-order valence-corrected chi connectivity index (χ1v) is 10.7. The highest BCUT2D eigenvalue weighted by atomic mass is 32.2. The lowest BCUT2D eigenvalue weighted by molar-refractivity contribution is -0.119. The molecular formula is C19H32N2O3S. The van der Waals surface area contributed by atoms with E-state index in [1.54, 1.807) is 0 Å². The molecule has 25 heavy (non-hydrogen) atoms. The van der Waals surface area contributed by atoms with Crippen LogP contribution in [-0.4, -0.2) is 39.1 Å². The molecule has 0 spiro atoms. The van der Waals surface area contributed by atoms with Crippen LogP contribution in [0.25, 0.3) is 0 Å². The van der Waals surface area contributed by atoms with E-state index in [0.29, 0.717) is 30.3 Å². The molecule has 2 amide bonds. The molecule has 142 valence electrons. The Labute approximate surface area is 153 Å². The quantitative estimate of drug-likeness (QED) is 0.373. The van der Waals surface area contributed by atoms with Crippen molar-refractivity contribution in [3.05, 3.63) is 12.7 Å². The van der Waals surface area contributed by atoms with E-state index in [1.165, 1.54) is 0 Å². The summed E-state index contributed by atoms with van der Waals surface area (Å²) in [6.45, 7) is 10.4. The van der Waals surface area contributed by atoms with Gasteiger partial charge >= 0.3 is 6.03 Å². The smallest absolute Gasteiger partial charge is 0.315 e. The van der Waals surface area contributed by atoms with Crippen molar-refractivity contribution in [1.29, 1.82) is 0 Å². The van der Waals surface area contributed by atoms with E-state index in [-0.39, 0.29) is 28.8 Å². The zero-order valence-electron chi connectivity index (χ0n) is 15.7. The van der Waals surface area contributed by atoms with Gasteiger partial charge in [-0.3, -0.25) is 9.00 Å². The van der Waals surface area contributed by atoms with Crippen LogP contribution in [0.2, 0.25) is 0 Å². The van der Waals surface area contributed by atoms with Gasteiger partial charge in [0.05, 0.1) is 17.3 Å². The number of amides is 2. The molecule has 0 bridgehead atoms. The van der Waals surface area contributed by atoms with Gasteiger partial charge in [0.15, 0.2) is 0 Å². The second kappa shape index (κ2) is 8.47. The van der Waals surface area contributed by atoms with Gasteiger partial charge in [0.25, 0.3) is 0 Å². The van der Waals surface area contributed by atoms with Gasteiger partial charge in [-0.25, -0.2) is 4.79 Å². The fourth-order valence-electron chi connectivity index (χ4n) is 3.84. The summed E-state index contributed by atoms with van der Waals surface area (Å²) < 4.78 is 12.2. The van der Waals surface area contributed by atoms with Gasteiger partial charge < -0.3 is 10.6 Å². The molecule has 6 heteroatoms. The lowest BCUT2D eigenvalue weighted by atomic mass is 9.78. The molecule has 0 radical (unpaired) electrons. The number of allylic oxidation sites excluding steroid dienone is 1. The van der Waals surface area contributed by atoms with Crippen LogP contribution in [0.3, 0.4) is 0 Å². The van der Waals surface area contributed by atoms with Crippen LogP contribution in [-0.2, 0) is 15.6 Å². The zero-order valence-corrected chi connectivity index (χ0v) is 16.5. The van der Waals surface area contributed by atoms with E-state index in [9.17, 15) is 13.8 Å². The summed E-state index contributed by atoms with van der Waals surface area (Å²) >= 11 is 0. The first-order valence-electron chi connectivity index (χ1n) is 9.31. The standard InChI is InChI=1S/C19H32N2O3S/c1-5-13(19(2,3)4)10-11-14(22)8-6-7-9-16-17-15(12-25(16)24)20-18(23)21-17/h5,13,15-17H,1,6-12H2,2-4H3,(H2,20,21,23)/t13?,15-,16-,17-,25?/m0/s1. The van der Waals surface area contributed by atoms with Gasteiger partial charge in [0.2, 0.25) is 0 Å². The molecule has 2 N–H and O–H groups in total. The molecule has 2 aliphatic rings. The van der Waals surface area contributed by atoms with Crippen LogP contribution >= 0.6 is 0 Å². The van der Waals surface area contributed by atoms with Crippen LogP contribution in [0.4, 0.5) is 4.79 Å². The van der Waals surface area contributed by atoms with Gasteiger partial charge in [0.1, 0.15) is 5.78 Å². The largest absolute Gasteiger partial charge is 0.332 e. The van der Waals surface area contributed by atoms with Crippen molar-refractivity contribution < 1.29 is 13.8 Å². The Morgan fingerprint density at radius 3 is 2.68 bits per heavy atom. The predicted molar refractivity (Wildman–Crippen MR) is 102 cm³/mol. The topological polar surface area (TPSA) is 75.3 Å². The Kier molecular flexibility index (Phi) is 6.83. The van der Waals surface area contributed by atoms with E-state index in [2.05, 4.69) is 38.0 Å². The summed E-state index contributed by atoms with van der Waals surface area (Å²) in [4.78, 5) is 23.5. The fourth-order valence-corrected chi connectivity index (χ4v) is 5.74. The minimum Gasteiger partial charge on any atom is -0.332 e. The van der Waals surface area contributed by atoms with Gasteiger partial charge in [-0.05, 0) is 30.6 Å². The highest BCUT2D eigenvalue weighted by Crippen LogP contribution is 2.31. The number of nitrogens with one attached hydrogen (secondary N) is 2. The van der Waals surface area contributed by atoms with Crippen LogP contribution in [0, 0.1) is 11.3 Å². The maximum atomic E-state index is 12.2. The third-order valence-electron chi connectivity index (χ3n) is 5.46. The summed E-state index contributed by atoms with van der Waals surface area (Å²) in [6, 6.07) is -0.153. The highest BCUT2D eigenvalue weighted by Gasteiger charge is 2.46. The summed E-state index contributed by atoms with van der Waals surface area (Å²) in [5.74, 6) is 1.20. The van der Waals surface area contributed by atoms with Crippen LogP contribution in [0.5, 0.6) is 0 Å². The van der Waals surface area contributed by atoms with Crippen molar-refractivity contribution in [2.75, 3.05) is 5.75 Å². The molecule has 0 saturated carbocycles. The Morgan fingerprint density at radius 1 is 1.32 bits per heavy atom. The molecule has 0 aromatic heterocycles. The van der Waals surface area contributed by atoms with Crippen LogP contribution < -0.4 is 10.6 Å². The van der Waals surface area contributed by atoms with E-state index in [1.807, 2.05) is 6.08 Å². The van der Waals surface area contributed by atoms with Gasteiger partial charge in [-0.2, -0.15) is 0 Å². The third kappa shape index (κ3) is 5.40. The number of ketones is 1. The summed E-state index contributed by atoms with van der Waals surface area (Å²) in [6.07, 6.45) is 6.54. The average molecular weight is 369 g/mol. The molecule has 5 atom stereocenters. The van der Waals surface area contributed by atoms with Crippen molar-refractivity contribution in [2.45, 2.75) is 76.6 Å². The van der Waals surface area contributed by atoms with Crippen molar-refractivity contribution in [3.8, 4) is 0 Å². The van der Waals surface area contributed by atoms with E-state index in [0.717, 1.165) is 25.7 Å².